The second-order valence-electron chi connectivity index (χ2n) is 4.56. The number of carbonyl (C=O) groups excluding carboxylic acids is 1. The van der Waals surface area contributed by atoms with Crippen molar-refractivity contribution in [1.82, 2.24) is 5.32 Å². The van der Waals surface area contributed by atoms with E-state index in [1.807, 2.05) is 61.5 Å². The fraction of sp³-hybridized carbons (Fsp3) is 0.111. The number of allylic oxidation sites excluding steroid dienone is 1. The lowest BCUT2D eigenvalue weighted by Gasteiger charge is -2.07. The summed E-state index contributed by atoms with van der Waals surface area (Å²) in [5.41, 5.74) is 2.48. The van der Waals surface area contributed by atoms with E-state index in [1.54, 1.807) is 19.1 Å². The molecule has 3 nitrogen and oxygen atoms in total. The van der Waals surface area contributed by atoms with Gasteiger partial charge in [0.2, 0.25) is 0 Å². The summed E-state index contributed by atoms with van der Waals surface area (Å²) in [6.07, 6.45) is 1.92. The van der Waals surface area contributed by atoms with Crippen molar-refractivity contribution in [3.05, 3.63) is 77.9 Å². The molecule has 0 saturated carbocycles. The first-order valence-corrected chi connectivity index (χ1v) is 6.84. The lowest BCUT2D eigenvalue weighted by molar-refractivity contribution is 0.0977. The van der Waals surface area contributed by atoms with Gasteiger partial charge in [-0.15, -0.1) is 0 Å². The van der Waals surface area contributed by atoms with Crippen molar-refractivity contribution in [1.29, 1.82) is 0 Å². The van der Waals surface area contributed by atoms with Gasteiger partial charge in [-0.2, -0.15) is 0 Å². The van der Waals surface area contributed by atoms with Crippen molar-refractivity contribution >= 4 is 17.4 Å². The van der Waals surface area contributed by atoms with Crippen LogP contribution in [0.15, 0.2) is 71.7 Å². The van der Waals surface area contributed by atoms with Gasteiger partial charge in [-0.25, -0.2) is 4.99 Å². The van der Waals surface area contributed by atoms with Gasteiger partial charge >= 0.3 is 0 Å². The molecule has 0 bridgehead atoms. The van der Waals surface area contributed by atoms with Crippen LogP contribution in [0, 0.1) is 0 Å². The summed E-state index contributed by atoms with van der Waals surface area (Å²) >= 11 is 0. The van der Waals surface area contributed by atoms with Gasteiger partial charge in [0.15, 0.2) is 0 Å². The molecule has 2 aromatic rings. The molecule has 0 fully saturated rings. The fourth-order valence-electron chi connectivity index (χ4n) is 1.94. The molecule has 21 heavy (non-hydrogen) atoms. The van der Waals surface area contributed by atoms with Crippen molar-refractivity contribution in [2.75, 3.05) is 0 Å². The molecule has 0 aromatic heterocycles. The van der Waals surface area contributed by atoms with Crippen LogP contribution in [0.1, 0.15) is 29.8 Å². The summed E-state index contributed by atoms with van der Waals surface area (Å²) in [4.78, 5) is 16.5. The largest absolute Gasteiger partial charge is 0.310 e. The highest BCUT2D eigenvalue weighted by molar-refractivity contribution is 6.06. The molecule has 0 radical (unpaired) electrons. The SMILES string of the molecule is C/C=C(\N=C(C)NC(=O)c1ccccc1)c1ccccc1. The number of nitrogens with zero attached hydrogens (tertiary/aromatic N) is 1. The Morgan fingerprint density at radius 3 is 2.00 bits per heavy atom. The monoisotopic (exact) mass is 278 g/mol. The van der Waals surface area contributed by atoms with Crippen LogP contribution < -0.4 is 5.32 Å². The molecule has 2 aromatic carbocycles. The zero-order chi connectivity index (χ0) is 15.1. The van der Waals surface area contributed by atoms with E-state index >= 15 is 0 Å². The lowest BCUT2D eigenvalue weighted by Crippen LogP contribution is -2.28. The summed E-state index contributed by atoms with van der Waals surface area (Å²) in [6, 6.07) is 19.0. The van der Waals surface area contributed by atoms with Gasteiger partial charge in [0.25, 0.3) is 5.91 Å². The Labute approximate surface area is 125 Å². The second-order valence-corrected chi connectivity index (χ2v) is 4.56. The summed E-state index contributed by atoms with van der Waals surface area (Å²) < 4.78 is 0. The number of aliphatic imine (C=N–C) groups is 1. The molecule has 106 valence electrons. The number of amides is 1. The van der Waals surface area contributed by atoms with Crippen LogP contribution in [-0.2, 0) is 0 Å². The molecule has 1 N–H and O–H groups in total. The van der Waals surface area contributed by atoms with Crippen LogP contribution in [0.2, 0.25) is 0 Å². The third kappa shape index (κ3) is 4.14. The number of hydrogen-bond donors (Lipinski definition) is 1. The first kappa shape index (κ1) is 14.7. The predicted molar refractivity (Wildman–Crippen MR) is 87.1 cm³/mol. The second kappa shape index (κ2) is 7.20. The Morgan fingerprint density at radius 1 is 0.952 bits per heavy atom. The first-order chi connectivity index (χ1) is 10.2. The third-order valence-corrected chi connectivity index (χ3v) is 2.96. The van der Waals surface area contributed by atoms with E-state index in [1.165, 1.54) is 0 Å². The van der Waals surface area contributed by atoms with Crippen LogP contribution in [-0.4, -0.2) is 11.7 Å². The third-order valence-electron chi connectivity index (χ3n) is 2.96. The maximum Gasteiger partial charge on any atom is 0.256 e. The molecule has 0 aliphatic carbocycles. The van der Waals surface area contributed by atoms with E-state index in [0.29, 0.717) is 11.4 Å². The van der Waals surface area contributed by atoms with Crippen molar-refractivity contribution in [3.63, 3.8) is 0 Å². The number of carbonyl (C=O) groups is 1. The zero-order valence-corrected chi connectivity index (χ0v) is 12.2. The van der Waals surface area contributed by atoms with Crippen LogP contribution >= 0.6 is 0 Å². The summed E-state index contributed by atoms with van der Waals surface area (Å²) in [5.74, 6) is 0.418. The highest BCUT2D eigenvalue weighted by atomic mass is 16.1. The van der Waals surface area contributed by atoms with Crippen LogP contribution in [0.25, 0.3) is 5.70 Å². The normalized spacial score (nSPS) is 12.1. The van der Waals surface area contributed by atoms with Crippen molar-refractivity contribution in [2.24, 2.45) is 4.99 Å². The van der Waals surface area contributed by atoms with Gasteiger partial charge in [-0.05, 0) is 31.5 Å². The molecule has 1 amide bonds. The van der Waals surface area contributed by atoms with Gasteiger partial charge < -0.3 is 5.32 Å². The van der Waals surface area contributed by atoms with E-state index < -0.39 is 0 Å². The van der Waals surface area contributed by atoms with Gasteiger partial charge in [-0.1, -0.05) is 54.6 Å². The minimum Gasteiger partial charge on any atom is -0.310 e. The Hall–Kier alpha value is -2.68. The number of hydrogen-bond acceptors (Lipinski definition) is 2. The minimum atomic E-state index is -0.152. The molecule has 0 saturated heterocycles. The molecule has 2 rings (SSSR count). The number of benzene rings is 2. The molecule has 0 spiro atoms. The average molecular weight is 278 g/mol. The fourth-order valence-corrected chi connectivity index (χ4v) is 1.94. The van der Waals surface area contributed by atoms with Crippen LogP contribution in [0.5, 0.6) is 0 Å². The number of rotatable bonds is 3. The van der Waals surface area contributed by atoms with E-state index in [0.717, 1.165) is 11.3 Å². The summed E-state index contributed by atoms with van der Waals surface area (Å²) in [6.45, 7) is 3.71. The molecular weight excluding hydrogens is 260 g/mol. The maximum atomic E-state index is 12.1. The Kier molecular flexibility index (Phi) is 5.04. The maximum absolute atomic E-state index is 12.1. The molecule has 0 aliphatic heterocycles. The van der Waals surface area contributed by atoms with Crippen molar-refractivity contribution in [2.45, 2.75) is 13.8 Å². The smallest absolute Gasteiger partial charge is 0.256 e. The zero-order valence-electron chi connectivity index (χ0n) is 12.2. The lowest BCUT2D eigenvalue weighted by atomic mass is 10.1. The van der Waals surface area contributed by atoms with E-state index in [-0.39, 0.29) is 5.91 Å². The van der Waals surface area contributed by atoms with Crippen molar-refractivity contribution < 1.29 is 4.79 Å². The van der Waals surface area contributed by atoms with E-state index in [9.17, 15) is 4.79 Å². The molecule has 0 atom stereocenters. The summed E-state index contributed by atoms with van der Waals surface area (Å²) in [5, 5.41) is 2.80. The molecule has 3 heteroatoms. The standard InChI is InChI=1S/C18H18N2O/c1-3-17(15-10-6-4-7-11-15)19-14(2)20-18(21)16-12-8-5-9-13-16/h3-13H,1-2H3,(H,19,20,21)/b17-3-. The highest BCUT2D eigenvalue weighted by Crippen LogP contribution is 2.15. The quantitative estimate of drug-likeness (QED) is 0.671. The number of amidine groups is 1. The van der Waals surface area contributed by atoms with Gasteiger partial charge in [0.1, 0.15) is 5.84 Å². The topological polar surface area (TPSA) is 41.5 Å². The molecule has 0 heterocycles. The molecule has 0 unspecified atom stereocenters. The Morgan fingerprint density at radius 2 is 1.48 bits per heavy atom. The average Bonchev–Trinajstić information content (AvgIpc) is 2.54. The molecule has 0 aliphatic rings. The predicted octanol–water partition coefficient (Wildman–Crippen LogP) is 3.90. The highest BCUT2D eigenvalue weighted by Gasteiger charge is 2.06. The molecular formula is C18H18N2O. The van der Waals surface area contributed by atoms with E-state index in [4.69, 9.17) is 0 Å². The van der Waals surface area contributed by atoms with E-state index in [2.05, 4.69) is 10.3 Å². The van der Waals surface area contributed by atoms with Gasteiger partial charge in [0.05, 0.1) is 5.70 Å². The van der Waals surface area contributed by atoms with Gasteiger partial charge in [0, 0.05) is 5.56 Å². The van der Waals surface area contributed by atoms with Crippen LogP contribution in [0.4, 0.5) is 0 Å². The minimum absolute atomic E-state index is 0.152. The Bertz CT molecular complexity index is 658. The first-order valence-electron chi connectivity index (χ1n) is 6.84. The number of nitrogens with one attached hydrogen (secondary N) is 1. The van der Waals surface area contributed by atoms with Crippen LogP contribution in [0.3, 0.4) is 0 Å². The van der Waals surface area contributed by atoms with Crippen molar-refractivity contribution in [3.8, 4) is 0 Å². The summed E-state index contributed by atoms with van der Waals surface area (Å²) in [7, 11) is 0. The van der Waals surface area contributed by atoms with Gasteiger partial charge in [-0.3, -0.25) is 4.79 Å². The Balaban J connectivity index is 2.12.